The minimum absolute atomic E-state index is 1.15. The molecule has 3 heterocycles. The van der Waals surface area contributed by atoms with Gasteiger partial charge in [0.25, 0.3) is 0 Å². The van der Waals surface area contributed by atoms with E-state index in [0.717, 1.165) is 17.1 Å². The first-order valence-electron chi connectivity index (χ1n) is 11.1. The van der Waals surface area contributed by atoms with Crippen LogP contribution in [0.15, 0.2) is 125 Å². The summed E-state index contributed by atoms with van der Waals surface area (Å²) in [5, 5.41) is 6.37. The van der Waals surface area contributed by atoms with Crippen molar-refractivity contribution < 1.29 is 0 Å². The first-order valence-corrected chi connectivity index (χ1v) is 13.7. The van der Waals surface area contributed by atoms with E-state index in [9.17, 15) is 0 Å². The van der Waals surface area contributed by atoms with Gasteiger partial charge in [-0.25, -0.2) is 0 Å². The fourth-order valence-electron chi connectivity index (χ4n) is 4.10. The smallest absolute Gasteiger partial charge is 0.0462 e. The lowest BCUT2D eigenvalue weighted by molar-refractivity contribution is 1.28. The van der Waals surface area contributed by atoms with Gasteiger partial charge in [-0.05, 0) is 87.4 Å². The average Bonchev–Trinajstić information content (AvgIpc) is 3.69. The highest BCUT2D eigenvalue weighted by atomic mass is 32.1. The van der Waals surface area contributed by atoms with Crippen molar-refractivity contribution in [3.8, 4) is 31.3 Å². The quantitative estimate of drug-likeness (QED) is 0.224. The molecule has 0 unspecified atom stereocenters. The molecule has 164 valence electrons. The van der Waals surface area contributed by atoms with E-state index in [2.05, 4.69) is 130 Å². The fraction of sp³-hybridized carbons (Fsp3) is 0. The Bertz CT molecular complexity index is 1260. The average molecular weight is 492 g/mol. The molecule has 0 N–H and O–H groups in total. The number of benzene rings is 3. The van der Waals surface area contributed by atoms with Crippen LogP contribution in [0.5, 0.6) is 0 Å². The molecule has 0 atom stereocenters. The molecule has 0 amide bonds. The van der Waals surface area contributed by atoms with E-state index in [0.29, 0.717) is 0 Å². The van der Waals surface area contributed by atoms with Gasteiger partial charge < -0.3 is 4.90 Å². The molecule has 0 spiro atoms. The van der Waals surface area contributed by atoms with E-state index < -0.39 is 0 Å². The van der Waals surface area contributed by atoms with Crippen LogP contribution in [-0.4, -0.2) is 0 Å². The van der Waals surface area contributed by atoms with E-state index in [4.69, 9.17) is 0 Å². The Labute approximate surface area is 211 Å². The van der Waals surface area contributed by atoms with E-state index in [1.807, 2.05) is 0 Å². The topological polar surface area (TPSA) is 3.24 Å². The minimum Gasteiger partial charge on any atom is -0.311 e. The molecule has 0 aliphatic carbocycles. The molecule has 0 aliphatic heterocycles. The molecule has 4 heteroatoms. The molecular formula is C30H21NS3. The fourth-order valence-corrected chi connectivity index (χ4v) is 6.30. The highest BCUT2D eigenvalue weighted by Gasteiger charge is 2.14. The van der Waals surface area contributed by atoms with Crippen molar-refractivity contribution in [2.75, 3.05) is 4.90 Å². The monoisotopic (exact) mass is 491 g/mol. The van der Waals surface area contributed by atoms with E-state index >= 15 is 0 Å². The van der Waals surface area contributed by atoms with Crippen LogP contribution in [0.1, 0.15) is 0 Å². The molecule has 3 aromatic carbocycles. The van der Waals surface area contributed by atoms with Gasteiger partial charge in [0.15, 0.2) is 0 Å². The number of anilines is 3. The predicted molar refractivity (Wildman–Crippen MR) is 151 cm³/mol. The SMILES string of the molecule is c1csc(-c2ccc(N(c3ccc(-c4cccs4)cc3)c3ccc(-c4cccs4)cc3)cc2)c1. The summed E-state index contributed by atoms with van der Waals surface area (Å²) >= 11 is 5.32. The minimum atomic E-state index is 1.15. The van der Waals surface area contributed by atoms with Gasteiger partial charge in [-0.2, -0.15) is 0 Å². The summed E-state index contributed by atoms with van der Waals surface area (Å²) in [7, 11) is 0. The van der Waals surface area contributed by atoms with Crippen LogP contribution in [0.25, 0.3) is 31.3 Å². The standard InChI is InChI=1S/C30H21NS3/c1-4-28(32-19-1)22-7-13-25(14-8-22)31(26-15-9-23(10-16-26)29-5-2-20-33-29)27-17-11-24(12-18-27)30-6-3-21-34-30/h1-21H. The summed E-state index contributed by atoms with van der Waals surface area (Å²) in [4.78, 5) is 6.20. The Morgan fingerprint density at radius 1 is 0.353 bits per heavy atom. The van der Waals surface area contributed by atoms with Crippen molar-refractivity contribution in [3.05, 3.63) is 125 Å². The zero-order valence-corrected chi connectivity index (χ0v) is 20.7. The number of thiophene rings is 3. The number of hydrogen-bond donors (Lipinski definition) is 0. The Hall–Kier alpha value is -3.44. The van der Waals surface area contributed by atoms with Crippen LogP contribution in [0.3, 0.4) is 0 Å². The Balaban J connectivity index is 1.39. The van der Waals surface area contributed by atoms with Crippen LogP contribution in [-0.2, 0) is 0 Å². The molecule has 3 aromatic heterocycles. The third kappa shape index (κ3) is 4.24. The Morgan fingerprint density at radius 3 is 0.882 bits per heavy atom. The molecule has 0 saturated heterocycles. The van der Waals surface area contributed by atoms with Crippen molar-refractivity contribution in [2.45, 2.75) is 0 Å². The summed E-state index contributed by atoms with van der Waals surface area (Å²) in [6.07, 6.45) is 0. The molecule has 34 heavy (non-hydrogen) atoms. The highest BCUT2D eigenvalue weighted by molar-refractivity contribution is 7.14. The first kappa shape index (κ1) is 21.1. The number of hydrogen-bond acceptors (Lipinski definition) is 4. The molecule has 0 fully saturated rings. The van der Waals surface area contributed by atoms with Gasteiger partial charge in [-0.1, -0.05) is 54.6 Å². The first-order chi connectivity index (χ1) is 16.8. The number of rotatable bonds is 6. The zero-order chi connectivity index (χ0) is 22.7. The molecule has 1 nitrogen and oxygen atoms in total. The summed E-state index contributed by atoms with van der Waals surface area (Å²) in [6.45, 7) is 0. The van der Waals surface area contributed by atoms with Crippen molar-refractivity contribution in [1.82, 2.24) is 0 Å². The lowest BCUT2D eigenvalue weighted by Crippen LogP contribution is -2.09. The molecule has 0 aliphatic rings. The molecule has 6 aromatic rings. The second kappa shape index (κ2) is 9.43. The van der Waals surface area contributed by atoms with Crippen LogP contribution in [0.2, 0.25) is 0 Å². The van der Waals surface area contributed by atoms with Gasteiger partial charge in [0, 0.05) is 31.7 Å². The maximum atomic E-state index is 2.33. The maximum Gasteiger partial charge on any atom is 0.0462 e. The van der Waals surface area contributed by atoms with Crippen molar-refractivity contribution in [3.63, 3.8) is 0 Å². The normalized spacial score (nSPS) is 10.9. The van der Waals surface area contributed by atoms with Gasteiger partial charge >= 0.3 is 0 Å². The van der Waals surface area contributed by atoms with Crippen LogP contribution >= 0.6 is 34.0 Å². The maximum absolute atomic E-state index is 2.33. The Morgan fingerprint density at radius 2 is 0.647 bits per heavy atom. The van der Waals surface area contributed by atoms with Crippen molar-refractivity contribution in [2.24, 2.45) is 0 Å². The van der Waals surface area contributed by atoms with Crippen molar-refractivity contribution in [1.29, 1.82) is 0 Å². The molecule has 6 rings (SSSR count). The summed E-state index contributed by atoms with van der Waals surface area (Å²) in [5.74, 6) is 0. The third-order valence-electron chi connectivity index (χ3n) is 5.79. The van der Waals surface area contributed by atoms with Crippen LogP contribution in [0.4, 0.5) is 17.1 Å². The highest BCUT2D eigenvalue weighted by Crippen LogP contribution is 2.38. The van der Waals surface area contributed by atoms with E-state index in [-0.39, 0.29) is 0 Å². The summed E-state index contributed by atoms with van der Waals surface area (Å²) in [6, 6.07) is 39.4. The lowest BCUT2D eigenvalue weighted by atomic mass is 10.1. The van der Waals surface area contributed by atoms with Crippen LogP contribution in [0, 0.1) is 0 Å². The van der Waals surface area contributed by atoms with E-state index in [1.54, 1.807) is 34.0 Å². The van der Waals surface area contributed by atoms with E-state index in [1.165, 1.54) is 31.3 Å². The van der Waals surface area contributed by atoms with Crippen molar-refractivity contribution >= 4 is 51.1 Å². The van der Waals surface area contributed by atoms with Gasteiger partial charge in [0.05, 0.1) is 0 Å². The second-order valence-corrected chi connectivity index (χ2v) is 10.8. The molecular weight excluding hydrogens is 471 g/mol. The molecule has 0 bridgehead atoms. The second-order valence-electron chi connectivity index (χ2n) is 7.91. The van der Waals surface area contributed by atoms with Gasteiger partial charge in [-0.15, -0.1) is 34.0 Å². The summed E-state index contributed by atoms with van der Waals surface area (Å²) in [5.41, 5.74) is 7.19. The largest absolute Gasteiger partial charge is 0.311 e. The van der Waals surface area contributed by atoms with Gasteiger partial charge in [0.2, 0.25) is 0 Å². The van der Waals surface area contributed by atoms with Gasteiger partial charge in [0.1, 0.15) is 0 Å². The zero-order valence-electron chi connectivity index (χ0n) is 18.3. The molecule has 0 saturated carbocycles. The number of nitrogens with zero attached hydrogens (tertiary/aromatic N) is 1. The summed E-state index contributed by atoms with van der Waals surface area (Å²) < 4.78 is 0. The predicted octanol–water partition coefficient (Wildman–Crippen LogP) is 10.3. The lowest BCUT2D eigenvalue weighted by Gasteiger charge is -2.26. The third-order valence-corrected chi connectivity index (χ3v) is 8.55. The van der Waals surface area contributed by atoms with Gasteiger partial charge in [-0.3, -0.25) is 0 Å². The molecule has 0 radical (unpaired) electrons. The van der Waals surface area contributed by atoms with Crippen LogP contribution < -0.4 is 4.90 Å². The Kier molecular flexibility index (Phi) is 5.86.